The van der Waals surface area contributed by atoms with Gasteiger partial charge in [0.15, 0.2) is 0 Å². The summed E-state index contributed by atoms with van der Waals surface area (Å²) in [6, 6.07) is 1.54. The second-order valence-corrected chi connectivity index (χ2v) is 5.79. The smallest absolute Gasteiger partial charge is 0.254 e. The van der Waals surface area contributed by atoms with E-state index in [2.05, 4.69) is 15.5 Å². The van der Waals surface area contributed by atoms with Gasteiger partial charge in [-0.05, 0) is 30.9 Å². The number of rotatable bonds is 9. The number of thioether (sulfide) groups is 1. The predicted molar refractivity (Wildman–Crippen MR) is 92.8 cm³/mol. The molecule has 0 saturated heterocycles. The molecule has 1 heterocycles. The van der Waals surface area contributed by atoms with Crippen molar-refractivity contribution in [3.8, 4) is 0 Å². The third kappa shape index (κ3) is 5.41. The van der Waals surface area contributed by atoms with Gasteiger partial charge in [-0.2, -0.15) is 4.91 Å². The normalized spacial score (nSPS) is 13.9. The van der Waals surface area contributed by atoms with Gasteiger partial charge in [-0.15, -0.1) is 11.8 Å². The largest absolute Gasteiger partial charge is 0.349 e. The molecule has 0 aliphatic carbocycles. The van der Waals surface area contributed by atoms with Crippen molar-refractivity contribution in [2.75, 3.05) is 12.8 Å². The molecular weight excluding hydrogens is 332 g/mol. The summed E-state index contributed by atoms with van der Waals surface area (Å²) in [6.07, 6.45) is 5.29. The molecule has 1 N–H and O–H groups in total. The highest BCUT2D eigenvalue weighted by atomic mass is 32.2. The summed E-state index contributed by atoms with van der Waals surface area (Å²) < 4.78 is 0. The number of hydrogen-bond acceptors (Lipinski definition) is 7. The summed E-state index contributed by atoms with van der Waals surface area (Å²) in [5, 5.41) is 17.0. The van der Waals surface area contributed by atoms with Crippen LogP contribution >= 0.6 is 11.8 Å². The molecule has 24 heavy (non-hydrogen) atoms. The van der Waals surface area contributed by atoms with E-state index in [0.717, 1.165) is 0 Å². The maximum Gasteiger partial charge on any atom is 0.254 e. The molecular formula is C15H20N4O4S. The first-order valence-electron chi connectivity index (χ1n) is 7.38. The van der Waals surface area contributed by atoms with Crippen molar-refractivity contribution in [2.24, 2.45) is 5.18 Å². The minimum atomic E-state index is -0.892. The van der Waals surface area contributed by atoms with E-state index in [1.165, 1.54) is 24.8 Å². The molecule has 0 bridgehead atoms. The number of aromatic nitrogens is 1. The van der Waals surface area contributed by atoms with Gasteiger partial charge in [-0.25, -0.2) is 4.98 Å². The van der Waals surface area contributed by atoms with Gasteiger partial charge in [-0.1, -0.05) is 12.1 Å². The van der Waals surface area contributed by atoms with E-state index in [9.17, 15) is 19.8 Å². The molecule has 0 aromatic carbocycles. The van der Waals surface area contributed by atoms with E-state index in [4.69, 9.17) is 0 Å². The minimum Gasteiger partial charge on any atom is -0.349 e. The van der Waals surface area contributed by atoms with Crippen molar-refractivity contribution in [1.29, 1.82) is 0 Å². The number of carbonyl (C=O) groups is 1. The van der Waals surface area contributed by atoms with Crippen molar-refractivity contribution in [3.63, 3.8) is 0 Å². The van der Waals surface area contributed by atoms with Gasteiger partial charge in [0, 0.05) is 30.2 Å². The summed E-state index contributed by atoms with van der Waals surface area (Å²) in [4.78, 5) is 37.7. The molecule has 0 saturated carbocycles. The highest BCUT2D eigenvalue weighted by Crippen LogP contribution is 2.17. The van der Waals surface area contributed by atoms with E-state index in [0.29, 0.717) is 22.6 Å². The van der Waals surface area contributed by atoms with Gasteiger partial charge in [0.05, 0.1) is 5.56 Å². The maximum absolute atomic E-state index is 12.2. The zero-order chi connectivity index (χ0) is 18.1. The Bertz CT molecular complexity index is 636. The third-order valence-electron chi connectivity index (χ3n) is 3.48. The number of hydrogen-bond donors (Lipinski definition) is 1. The Balaban J connectivity index is 2.80. The van der Waals surface area contributed by atoms with E-state index in [1.54, 1.807) is 25.3 Å². The molecule has 130 valence electrons. The standard InChI is InChI=1S/C15H20N4O4S/c1-4-11(10(2)19(22)23)8-12(18-21)9-17-14(20)13-6-5-7-16-15(13)24-3/h5-8,10,12H,4,9H2,1-3H3,(H,17,20). The zero-order valence-corrected chi connectivity index (χ0v) is 14.6. The molecule has 1 aromatic heterocycles. The monoisotopic (exact) mass is 352 g/mol. The first-order valence-corrected chi connectivity index (χ1v) is 8.60. The van der Waals surface area contributed by atoms with E-state index in [-0.39, 0.29) is 12.5 Å². The average Bonchev–Trinajstić information content (AvgIpc) is 2.61. The molecule has 2 unspecified atom stereocenters. The lowest BCUT2D eigenvalue weighted by atomic mass is 10.0. The molecule has 0 aliphatic heterocycles. The number of nitrogens with one attached hydrogen (secondary N) is 1. The SMILES string of the molecule is CCC(=CC(CNC(=O)c1cccnc1SC)N=O)C(C)[N+](=O)[O-]. The van der Waals surface area contributed by atoms with Gasteiger partial charge in [0.2, 0.25) is 6.04 Å². The summed E-state index contributed by atoms with van der Waals surface area (Å²) in [5.74, 6) is -0.366. The van der Waals surface area contributed by atoms with Crippen molar-refractivity contribution in [1.82, 2.24) is 10.3 Å². The highest BCUT2D eigenvalue weighted by Gasteiger charge is 2.20. The van der Waals surface area contributed by atoms with Crippen molar-refractivity contribution in [3.05, 3.63) is 50.6 Å². The van der Waals surface area contributed by atoms with Crippen LogP contribution in [0.5, 0.6) is 0 Å². The van der Waals surface area contributed by atoms with Crippen LogP contribution in [0.3, 0.4) is 0 Å². The Hall–Kier alpha value is -2.29. The Morgan fingerprint density at radius 1 is 1.58 bits per heavy atom. The fraction of sp³-hybridized carbons (Fsp3) is 0.467. The quantitative estimate of drug-likeness (QED) is 0.240. The maximum atomic E-state index is 12.2. The Kier molecular flexibility index (Phi) is 8.03. The summed E-state index contributed by atoms with van der Waals surface area (Å²) in [5.41, 5.74) is 0.915. The number of pyridine rings is 1. The molecule has 0 spiro atoms. The molecule has 1 aromatic rings. The topological polar surface area (TPSA) is 115 Å². The van der Waals surface area contributed by atoms with Crippen LogP contribution < -0.4 is 5.32 Å². The number of nitroso groups, excluding NO2 is 1. The first kappa shape index (κ1) is 19.8. The average molecular weight is 352 g/mol. The number of carbonyl (C=O) groups excluding carboxylic acids is 1. The summed E-state index contributed by atoms with van der Waals surface area (Å²) >= 11 is 1.34. The van der Waals surface area contributed by atoms with Gasteiger partial charge in [0.25, 0.3) is 5.91 Å². The van der Waals surface area contributed by atoms with Crippen molar-refractivity contribution >= 4 is 17.7 Å². The van der Waals surface area contributed by atoms with E-state index in [1.807, 2.05) is 6.26 Å². The number of nitro groups is 1. The minimum absolute atomic E-state index is 0.0288. The zero-order valence-electron chi connectivity index (χ0n) is 13.8. The molecule has 0 radical (unpaired) electrons. The van der Waals surface area contributed by atoms with Crippen LogP contribution in [0.1, 0.15) is 30.6 Å². The fourth-order valence-electron chi connectivity index (χ4n) is 2.08. The van der Waals surface area contributed by atoms with Crippen LogP contribution in [0.25, 0.3) is 0 Å². The summed E-state index contributed by atoms with van der Waals surface area (Å²) in [7, 11) is 0. The Morgan fingerprint density at radius 3 is 2.83 bits per heavy atom. The fourth-order valence-corrected chi connectivity index (χ4v) is 2.63. The number of nitrogens with zero attached hydrogens (tertiary/aromatic N) is 3. The second kappa shape index (κ2) is 9.76. The van der Waals surface area contributed by atoms with Crippen LogP contribution in [0.4, 0.5) is 0 Å². The van der Waals surface area contributed by atoms with E-state index >= 15 is 0 Å². The van der Waals surface area contributed by atoms with Crippen LogP contribution in [0, 0.1) is 15.0 Å². The van der Waals surface area contributed by atoms with Crippen LogP contribution in [-0.4, -0.2) is 40.7 Å². The molecule has 2 atom stereocenters. The van der Waals surface area contributed by atoms with Crippen LogP contribution in [0.15, 0.2) is 40.2 Å². The lowest BCUT2D eigenvalue weighted by molar-refractivity contribution is -0.508. The lowest BCUT2D eigenvalue weighted by Crippen LogP contribution is -2.31. The van der Waals surface area contributed by atoms with Gasteiger partial charge in [0.1, 0.15) is 11.1 Å². The first-order chi connectivity index (χ1) is 11.4. The molecule has 8 nitrogen and oxygen atoms in total. The molecule has 1 rings (SSSR count). The number of amides is 1. The van der Waals surface area contributed by atoms with Crippen LogP contribution in [-0.2, 0) is 0 Å². The summed E-state index contributed by atoms with van der Waals surface area (Å²) in [6.45, 7) is 3.20. The van der Waals surface area contributed by atoms with Crippen LogP contribution in [0.2, 0.25) is 0 Å². The Morgan fingerprint density at radius 2 is 2.29 bits per heavy atom. The highest BCUT2D eigenvalue weighted by molar-refractivity contribution is 7.98. The van der Waals surface area contributed by atoms with Crippen molar-refractivity contribution in [2.45, 2.75) is 37.4 Å². The predicted octanol–water partition coefficient (Wildman–Crippen LogP) is 2.67. The van der Waals surface area contributed by atoms with Gasteiger partial charge >= 0.3 is 0 Å². The van der Waals surface area contributed by atoms with Gasteiger partial charge in [-0.3, -0.25) is 14.9 Å². The van der Waals surface area contributed by atoms with Crippen molar-refractivity contribution < 1.29 is 9.72 Å². The molecule has 9 heteroatoms. The molecule has 0 aliphatic rings. The Labute approximate surface area is 144 Å². The second-order valence-electron chi connectivity index (χ2n) is 5.00. The molecule has 0 fully saturated rings. The molecule has 1 amide bonds. The lowest BCUT2D eigenvalue weighted by Gasteiger charge is -2.12. The van der Waals surface area contributed by atoms with Gasteiger partial charge < -0.3 is 5.32 Å². The van der Waals surface area contributed by atoms with E-state index < -0.39 is 17.0 Å². The third-order valence-corrected chi connectivity index (χ3v) is 4.20.